The van der Waals surface area contributed by atoms with Crippen molar-refractivity contribution < 1.29 is 18.9 Å². The third-order valence-corrected chi connectivity index (χ3v) is 13.1. The van der Waals surface area contributed by atoms with E-state index < -0.39 is 15.8 Å². The van der Waals surface area contributed by atoms with Gasteiger partial charge in [0, 0.05) is 11.1 Å². The van der Waals surface area contributed by atoms with Gasteiger partial charge in [0.05, 0.1) is 0 Å². The van der Waals surface area contributed by atoms with Gasteiger partial charge in [-0.05, 0) is 59.8 Å². The second-order valence-electron chi connectivity index (χ2n) is 10.7. The molecule has 1 saturated heterocycles. The Morgan fingerprint density at radius 1 is 0.523 bits per heavy atom. The summed E-state index contributed by atoms with van der Waals surface area (Å²) in [5.41, 5.74) is 2.20. The average Bonchev–Trinajstić information content (AvgIpc) is 3.77. The fraction of sp³-hybridized carbons (Fsp3) is 0.105. The van der Waals surface area contributed by atoms with Gasteiger partial charge >= 0.3 is 0 Å². The molecule has 1 aliphatic carbocycles. The van der Waals surface area contributed by atoms with Crippen LogP contribution in [0.3, 0.4) is 0 Å². The van der Waals surface area contributed by atoms with Crippen LogP contribution in [-0.2, 0) is 9.47 Å². The number of allylic oxidation sites excluding steroid dienone is 2. The molecule has 3 aliphatic rings. The van der Waals surface area contributed by atoms with E-state index in [1.807, 2.05) is 0 Å². The van der Waals surface area contributed by atoms with Gasteiger partial charge in [0.2, 0.25) is 6.79 Å². The molecule has 0 spiro atoms. The van der Waals surface area contributed by atoms with Gasteiger partial charge in [0.1, 0.15) is 19.0 Å². The Hall–Kier alpha value is -4.04. The third-order valence-electron chi connectivity index (χ3n) is 8.14. The Kier molecular flexibility index (Phi) is 7.60. The Labute approximate surface area is 260 Å². The van der Waals surface area contributed by atoms with Gasteiger partial charge in [-0.25, -0.2) is 0 Å². The highest BCUT2D eigenvalue weighted by molar-refractivity contribution is 7.80. The monoisotopic (exact) mass is 612 g/mol. The predicted molar refractivity (Wildman–Crippen MR) is 181 cm³/mol. The molecule has 2 heterocycles. The van der Waals surface area contributed by atoms with Crippen LogP contribution in [0.5, 0.6) is 11.5 Å². The Balaban J connectivity index is 1.45. The summed E-state index contributed by atoms with van der Waals surface area (Å²) in [6.07, 6.45) is 4.01. The Morgan fingerprint density at radius 2 is 1.07 bits per heavy atom. The van der Waals surface area contributed by atoms with E-state index >= 15 is 0 Å². The smallest absolute Gasteiger partial charge is 0.231 e. The molecular weight excluding hydrogens is 582 g/mol. The zero-order chi connectivity index (χ0) is 29.3. The molecule has 0 amide bonds. The maximum Gasteiger partial charge on any atom is 0.231 e. The standard InChI is InChI=1S/C38H30O4P2/c1-5-13-27(14-6-1)43(28-15-7-2-8-16-28)33-23-21-31-37(41-25-39-31)35(33)36-34(24-22-32-38(36)42-26-40-32)44(29-17-9-3-10-18-29)30-19-11-4-12-20-30/h1-24,31,37H,25-26H2. The predicted octanol–water partition coefficient (Wildman–Crippen LogP) is 6.33. The van der Waals surface area contributed by atoms with Gasteiger partial charge in [0.15, 0.2) is 11.5 Å². The lowest BCUT2D eigenvalue weighted by Crippen LogP contribution is -2.31. The summed E-state index contributed by atoms with van der Waals surface area (Å²) in [6, 6.07) is 47.6. The minimum atomic E-state index is -0.946. The lowest BCUT2D eigenvalue weighted by atomic mass is 9.91. The van der Waals surface area contributed by atoms with Gasteiger partial charge in [-0.1, -0.05) is 133 Å². The summed E-state index contributed by atoms with van der Waals surface area (Å²) in [4.78, 5) is 0. The molecule has 8 rings (SSSR count). The van der Waals surface area contributed by atoms with Crippen molar-refractivity contribution in [1.29, 1.82) is 0 Å². The van der Waals surface area contributed by atoms with E-state index in [0.29, 0.717) is 0 Å². The van der Waals surface area contributed by atoms with Crippen LogP contribution in [0, 0.1) is 0 Å². The molecule has 0 bridgehead atoms. The van der Waals surface area contributed by atoms with E-state index in [1.54, 1.807) is 0 Å². The third kappa shape index (κ3) is 4.99. The number of benzene rings is 5. The Bertz CT molecular complexity index is 1750. The molecule has 216 valence electrons. The van der Waals surface area contributed by atoms with Crippen molar-refractivity contribution in [1.82, 2.24) is 0 Å². The van der Waals surface area contributed by atoms with Crippen LogP contribution in [0.25, 0.3) is 5.57 Å². The van der Waals surface area contributed by atoms with E-state index in [0.717, 1.165) is 22.6 Å². The van der Waals surface area contributed by atoms with Crippen molar-refractivity contribution in [2.75, 3.05) is 13.6 Å². The maximum atomic E-state index is 6.47. The molecular formula is C38H30O4P2. The first-order valence-electron chi connectivity index (χ1n) is 14.8. The van der Waals surface area contributed by atoms with Crippen LogP contribution in [-0.4, -0.2) is 25.8 Å². The van der Waals surface area contributed by atoms with Crippen molar-refractivity contribution in [3.63, 3.8) is 0 Å². The average molecular weight is 613 g/mol. The topological polar surface area (TPSA) is 36.9 Å². The molecule has 5 aromatic carbocycles. The normalized spacial score (nSPS) is 18.7. The minimum Gasteiger partial charge on any atom is -0.454 e. The van der Waals surface area contributed by atoms with E-state index in [-0.39, 0.29) is 25.8 Å². The highest BCUT2D eigenvalue weighted by Gasteiger charge is 2.42. The summed E-state index contributed by atoms with van der Waals surface area (Å²) in [7, 11) is -1.88. The largest absolute Gasteiger partial charge is 0.454 e. The van der Waals surface area contributed by atoms with E-state index in [9.17, 15) is 0 Å². The van der Waals surface area contributed by atoms with Gasteiger partial charge in [-0.15, -0.1) is 0 Å². The molecule has 0 radical (unpaired) electrons. The fourth-order valence-electron chi connectivity index (χ4n) is 6.24. The lowest BCUT2D eigenvalue weighted by Gasteiger charge is -2.33. The molecule has 5 aromatic rings. The molecule has 6 heteroatoms. The number of hydrogen-bond acceptors (Lipinski definition) is 4. The summed E-state index contributed by atoms with van der Waals surface area (Å²) >= 11 is 0. The van der Waals surface area contributed by atoms with Crippen LogP contribution in [0.4, 0.5) is 0 Å². The van der Waals surface area contributed by atoms with Crippen LogP contribution in [0.1, 0.15) is 5.56 Å². The van der Waals surface area contributed by atoms with E-state index in [1.165, 1.54) is 31.8 Å². The van der Waals surface area contributed by atoms with Crippen molar-refractivity contribution >= 4 is 47.9 Å². The quantitative estimate of drug-likeness (QED) is 0.202. The molecule has 2 aliphatic heterocycles. The molecule has 4 nitrogen and oxygen atoms in total. The molecule has 2 unspecified atom stereocenters. The summed E-state index contributed by atoms with van der Waals surface area (Å²) in [5, 5.41) is 7.57. The lowest BCUT2D eigenvalue weighted by molar-refractivity contribution is 0.0514. The first kappa shape index (κ1) is 27.5. The molecule has 0 N–H and O–H groups in total. The van der Waals surface area contributed by atoms with Crippen molar-refractivity contribution in [2.24, 2.45) is 0 Å². The Morgan fingerprint density at radius 3 is 1.64 bits per heavy atom. The van der Waals surface area contributed by atoms with Gasteiger partial charge in [0.25, 0.3) is 0 Å². The van der Waals surface area contributed by atoms with Crippen LogP contribution < -0.4 is 36.0 Å². The first-order valence-corrected chi connectivity index (χ1v) is 17.4. The van der Waals surface area contributed by atoms with Gasteiger partial charge in [-0.3, -0.25) is 0 Å². The number of ether oxygens (including phenoxy) is 4. The molecule has 0 saturated carbocycles. The number of hydrogen-bond donors (Lipinski definition) is 0. The van der Waals surface area contributed by atoms with Crippen LogP contribution >= 0.6 is 15.8 Å². The summed E-state index contributed by atoms with van der Waals surface area (Å²) < 4.78 is 25.0. The zero-order valence-electron chi connectivity index (χ0n) is 24.0. The van der Waals surface area contributed by atoms with Gasteiger partial charge in [-0.2, -0.15) is 0 Å². The SMILES string of the molecule is C1=CC2OCOC2C(c2c(P(c3ccccc3)c3ccccc3)ccc3c2OCO3)=C1P(c1ccccc1)c1ccccc1. The zero-order valence-corrected chi connectivity index (χ0v) is 25.7. The number of fused-ring (bicyclic) bond motifs is 2. The van der Waals surface area contributed by atoms with Crippen molar-refractivity contribution in [3.8, 4) is 11.5 Å². The maximum absolute atomic E-state index is 6.47. The second-order valence-corrected chi connectivity index (χ2v) is 15.1. The van der Waals surface area contributed by atoms with Gasteiger partial charge < -0.3 is 18.9 Å². The summed E-state index contributed by atoms with van der Waals surface area (Å²) in [6.45, 7) is 0.440. The minimum absolute atomic E-state index is 0.178. The number of rotatable bonds is 7. The van der Waals surface area contributed by atoms with Crippen LogP contribution in [0.2, 0.25) is 0 Å². The highest BCUT2D eigenvalue weighted by atomic mass is 31.1. The molecule has 1 fully saturated rings. The fourth-order valence-corrected chi connectivity index (χ4v) is 11.2. The summed E-state index contributed by atoms with van der Waals surface area (Å²) in [5.74, 6) is 1.55. The van der Waals surface area contributed by atoms with Crippen LogP contribution in [0.15, 0.2) is 151 Å². The van der Waals surface area contributed by atoms with E-state index in [4.69, 9.17) is 18.9 Å². The second kappa shape index (κ2) is 12.2. The molecule has 44 heavy (non-hydrogen) atoms. The van der Waals surface area contributed by atoms with Crippen molar-refractivity contribution in [2.45, 2.75) is 12.2 Å². The highest BCUT2D eigenvalue weighted by Crippen LogP contribution is 2.55. The molecule has 0 aromatic heterocycles. The molecule has 2 atom stereocenters. The van der Waals surface area contributed by atoms with Crippen molar-refractivity contribution in [3.05, 3.63) is 156 Å². The van der Waals surface area contributed by atoms with E-state index in [2.05, 4.69) is 146 Å². The first-order chi connectivity index (χ1) is 21.9.